The van der Waals surface area contributed by atoms with Gasteiger partial charge in [0.2, 0.25) is 0 Å². The van der Waals surface area contributed by atoms with Crippen molar-refractivity contribution in [1.82, 2.24) is 9.88 Å². The number of ether oxygens (including phenoxy) is 1. The molecule has 9 nitrogen and oxygen atoms in total. The van der Waals surface area contributed by atoms with Crippen molar-refractivity contribution in [1.29, 1.82) is 0 Å². The van der Waals surface area contributed by atoms with Crippen LogP contribution < -0.4 is 0 Å². The molecule has 0 bridgehead atoms. The minimum Gasteiger partial charge on any atom is -0.457 e. The van der Waals surface area contributed by atoms with E-state index in [1.807, 2.05) is 24.3 Å². The van der Waals surface area contributed by atoms with E-state index in [4.69, 9.17) is 4.74 Å². The second kappa shape index (κ2) is 6.82. The predicted molar refractivity (Wildman–Crippen MR) is 97.9 cm³/mol. The number of hydrogen-bond donors (Lipinski definition) is 0. The average molecular weight is 397 g/mol. The lowest BCUT2D eigenvalue weighted by molar-refractivity contribution is -0.385. The summed E-state index contributed by atoms with van der Waals surface area (Å²) in [4.78, 5) is 52.3. The first-order valence-corrected chi connectivity index (χ1v) is 8.91. The molecule has 0 saturated heterocycles. The van der Waals surface area contributed by atoms with E-state index in [0.717, 1.165) is 16.3 Å². The number of aromatic nitrogens is 1. The Balaban J connectivity index is 1.46. The van der Waals surface area contributed by atoms with Crippen LogP contribution in [0.15, 0.2) is 42.5 Å². The molecule has 0 spiro atoms. The molecule has 1 aromatic heterocycles. The number of nitro benzene ring substituents is 1. The van der Waals surface area contributed by atoms with Crippen LogP contribution >= 0.6 is 11.3 Å². The second-order valence-corrected chi connectivity index (χ2v) is 7.00. The van der Waals surface area contributed by atoms with Crippen molar-refractivity contribution in [3.05, 3.63) is 68.7 Å². The number of nitrogens with zero attached hydrogens (tertiary/aromatic N) is 3. The molecule has 0 atom stereocenters. The molecule has 1 aliphatic rings. The van der Waals surface area contributed by atoms with Gasteiger partial charge in [-0.3, -0.25) is 29.4 Å². The van der Waals surface area contributed by atoms with Crippen LogP contribution in [0.4, 0.5) is 5.69 Å². The molecular formula is C18H11N3O6S. The van der Waals surface area contributed by atoms with Gasteiger partial charge in [-0.25, -0.2) is 4.98 Å². The zero-order chi connectivity index (χ0) is 19.8. The number of rotatable bonds is 5. The monoisotopic (exact) mass is 397 g/mol. The molecule has 28 heavy (non-hydrogen) atoms. The van der Waals surface area contributed by atoms with Crippen LogP contribution in [0, 0.1) is 10.1 Å². The molecular weight excluding hydrogens is 386 g/mol. The zero-order valence-corrected chi connectivity index (χ0v) is 15.0. The van der Waals surface area contributed by atoms with Gasteiger partial charge in [0.25, 0.3) is 17.5 Å². The maximum absolute atomic E-state index is 12.4. The molecule has 2 amide bonds. The molecule has 4 rings (SSSR count). The van der Waals surface area contributed by atoms with Crippen LogP contribution in [-0.4, -0.2) is 39.1 Å². The number of nitro groups is 1. The van der Waals surface area contributed by atoms with Crippen LogP contribution in [0.2, 0.25) is 0 Å². The normalized spacial score (nSPS) is 13.1. The third-order valence-electron chi connectivity index (χ3n) is 4.16. The van der Waals surface area contributed by atoms with Gasteiger partial charge in [-0.2, -0.15) is 0 Å². The third kappa shape index (κ3) is 2.99. The van der Waals surface area contributed by atoms with Gasteiger partial charge in [0, 0.05) is 6.07 Å². The van der Waals surface area contributed by atoms with Gasteiger partial charge in [0.1, 0.15) is 23.7 Å². The minimum absolute atomic E-state index is 0.0957. The first-order valence-electron chi connectivity index (χ1n) is 8.09. The number of carbonyl (C=O) groups is 3. The Morgan fingerprint density at radius 1 is 1.14 bits per heavy atom. The summed E-state index contributed by atoms with van der Waals surface area (Å²) in [6, 6.07) is 11.2. The molecule has 0 aliphatic carbocycles. The highest BCUT2D eigenvalue weighted by atomic mass is 32.1. The Kier molecular flexibility index (Phi) is 4.32. The number of esters is 1. The third-order valence-corrected chi connectivity index (χ3v) is 5.17. The summed E-state index contributed by atoms with van der Waals surface area (Å²) in [7, 11) is 0. The number of thiazole rings is 1. The molecule has 0 saturated carbocycles. The highest BCUT2D eigenvalue weighted by molar-refractivity contribution is 7.18. The number of amides is 2. The predicted octanol–water partition coefficient (Wildman–Crippen LogP) is 2.54. The maximum Gasteiger partial charge on any atom is 0.326 e. The van der Waals surface area contributed by atoms with Crippen LogP contribution in [0.3, 0.4) is 0 Å². The zero-order valence-electron chi connectivity index (χ0n) is 14.2. The van der Waals surface area contributed by atoms with Crippen molar-refractivity contribution in [3.8, 4) is 0 Å². The smallest absolute Gasteiger partial charge is 0.326 e. The molecule has 140 valence electrons. The van der Waals surface area contributed by atoms with Gasteiger partial charge in [-0.15, -0.1) is 11.3 Å². The molecule has 0 radical (unpaired) electrons. The van der Waals surface area contributed by atoms with Gasteiger partial charge < -0.3 is 4.74 Å². The van der Waals surface area contributed by atoms with Crippen LogP contribution in [-0.2, 0) is 16.1 Å². The number of carbonyl (C=O) groups excluding carboxylic acids is 3. The van der Waals surface area contributed by atoms with Crippen LogP contribution in [0.1, 0.15) is 25.7 Å². The molecule has 0 unspecified atom stereocenters. The average Bonchev–Trinajstić information content (AvgIpc) is 3.21. The Morgan fingerprint density at radius 2 is 1.93 bits per heavy atom. The fraction of sp³-hybridized carbons (Fsp3) is 0.111. The largest absolute Gasteiger partial charge is 0.457 e. The lowest BCUT2D eigenvalue weighted by atomic mass is 10.1. The van der Waals surface area contributed by atoms with E-state index in [2.05, 4.69) is 4.98 Å². The van der Waals surface area contributed by atoms with Crippen molar-refractivity contribution in [2.45, 2.75) is 6.61 Å². The van der Waals surface area contributed by atoms with Gasteiger partial charge in [0.15, 0.2) is 0 Å². The Morgan fingerprint density at radius 3 is 2.68 bits per heavy atom. The van der Waals surface area contributed by atoms with E-state index in [9.17, 15) is 24.5 Å². The first-order chi connectivity index (χ1) is 13.5. The first kappa shape index (κ1) is 17.7. The standard InChI is InChI=1S/C18H11N3O6S/c22-15(27-9-14-19-11-5-1-2-7-13(11)28-14)8-20-17(23)10-4-3-6-12(21(25)26)16(10)18(20)24/h1-7H,8-9H2. The molecule has 2 heterocycles. The van der Waals surface area contributed by atoms with Gasteiger partial charge in [0.05, 0.1) is 20.7 Å². The number of benzene rings is 2. The van der Waals surface area contributed by atoms with E-state index >= 15 is 0 Å². The second-order valence-electron chi connectivity index (χ2n) is 5.89. The summed E-state index contributed by atoms with van der Waals surface area (Å²) in [6.45, 7) is -0.726. The van der Waals surface area contributed by atoms with E-state index in [1.54, 1.807) is 0 Å². The van der Waals surface area contributed by atoms with E-state index < -0.39 is 34.9 Å². The highest BCUT2D eigenvalue weighted by Crippen LogP contribution is 2.30. The maximum atomic E-state index is 12.4. The number of hydrogen-bond acceptors (Lipinski definition) is 8. The molecule has 1 aliphatic heterocycles. The summed E-state index contributed by atoms with van der Waals surface area (Å²) in [5, 5.41) is 11.7. The van der Waals surface area contributed by atoms with Gasteiger partial charge in [-0.1, -0.05) is 18.2 Å². The summed E-state index contributed by atoms with van der Waals surface area (Å²) < 4.78 is 6.07. The minimum atomic E-state index is -0.885. The summed E-state index contributed by atoms with van der Waals surface area (Å²) in [5.41, 5.74) is -0.0953. The van der Waals surface area contributed by atoms with E-state index in [0.29, 0.717) is 9.91 Å². The van der Waals surface area contributed by atoms with Crippen molar-refractivity contribution < 1.29 is 24.0 Å². The Bertz CT molecular complexity index is 1120. The van der Waals surface area contributed by atoms with E-state index in [1.165, 1.54) is 23.5 Å². The SMILES string of the molecule is O=C(CN1C(=O)c2cccc([N+](=O)[O-])c2C1=O)OCc1nc2ccccc2s1. The summed E-state index contributed by atoms with van der Waals surface area (Å²) >= 11 is 1.37. The van der Waals surface area contributed by atoms with Crippen LogP contribution in [0.25, 0.3) is 10.2 Å². The molecule has 2 aromatic carbocycles. The number of para-hydroxylation sites is 1. The van der Waals surface area contributed by atoms with Crippen molar-refractivity contribution in [2.75, 3.05) is 6.54 Å². The number of fused-ring (bicyclic) bond motifs is 2. The topological polar surface area (TPSA) is 120 Å². The Hall–Kier alpha value is -3.66. The van der Waals surface area contributed by atoms with Crippen molar-refractivity contribution >= 4 is 45.0 Å². The molecule has 10 heteroatoms. The van der Waals surface area contributed by atoms with Crippen molar-refractivity contribution in [3.63, 3.8) is 0 Å². The van der Waals surface area contributed by atoms with Gasteiger partial charge in [-0.05, 0) is 18.2 Å². The lowest BCUT2D eigenvalue weighted by Crippen LogP contribution is -2.35. The summed E-state index contributed by atoms with van der Waals surface area (Å²) in [6.07, 6.45) is 0. The fourth-order valence-electron chi connectivity index (χ4n) is 2.91. The lowest BCUT2D eigenvalue weighted by Gasteiger charge is -2.12. The van der Waals surface area contributed by atoms with Crippen LogP contribution in [0.5, 0.6) is 0 Å². The van der Waals surface area contributed by atoms with Crippen molar-refractivity contribution in [2.24, 2.45) is 0 Å². The molecule has 0 N–H and O–H groups in total. The quantitative estimate of drug-likeness (QED) is 0.281. The molecule has 3 aromatic rings. The Labute approximate surface area is 161 Å². The van der Waals surface area contributed by atoms with E-state index in [-0.39, 0.29) is 17.7 Å². The highest BCUT2D eigenvalue weighted by Gasteiger charge is 2.41. The fourth-order valence-corrected chi connectivity index (χ4v) is 3.79. The number of imide groups is 1. The summed E-state index contributed by atoms with van der Waals surface area (Å²) in [5.74, 6) is -2.46. The van der Waals surface area contributed by atoms with Gasteiger partial charge >= 0.3 is 5.97 Å². The molecule has 0 fully saturated rings.